The van der Waals surface area contributed by atoms with Crippen LogP contribution in [0.15, 0.2) is 77.2 Å². The number of halogens is 1. The number of amides is 1. The first kappa shape index (κ1) is 24.0. The molecule has 176 valence electrons. The fraction of sp³-hybridized carbons (Fsp3) is 0.0870. The summed E-state index contributed by atoms with van der Waals surface area (Å²) >= 11 is 7.01. The standard InChI is InChI=1S/C23H18ClN7O3S/c1-15-2-5-18(6-3-15)30-22(17-8-10-25-11-9-17)28-29-23(30)35-14-21(32)27-26-13-16-4-7-19(24)20(12-16)31(33)34/h2-13H,14H2,1H3,(H,27,32)/b26-13+. The zero-order chi connectivity index (χ0) is 24.8. The number of nitro groups is 1. The van der Waals surface area contributed by atoms with Crippen LogP contribution in [0.3, 0.4) is 0 Å². The van der Waals surface area contributed by atoms with E-state index in [2.05, 4.69) is 25.7 Å². The summed E-state index contributed by atoms with van der Waals surface area (Å²) in [6.07, 6.45) is 4.66. The van der Waals surface area contributed by atoms with Gasteiger partial charge in [0, 0.05) is 35.3 Å². The van der Waals surface area contributed by atoms with Gasteiger partial charge in [0.25, 0.3) is 11.6 Å². The lowest BCUT2D eigenvalue weighted by Gasteiger charge is -2.10. The van der Waals surface area contributed by atoms with E-state index in [4.69, 9.17) is 11.6 Å². The van der Waals surface area contributed by atoms with Crippen molar-refractivity contribution in [1.29, 1.82) is 0 Å². The van der Waals surface area contributed by atoms with Gasteiger partial charge in [-0.05, 0) is 37.3 Å². The number of nitrogens with zero attached hydrogens (tertiary/aromatic N) is 6. The van der Waals surface area contributed by atoms with E-state index in [1.54, 1.807) is 18.5 Å². The molecule has 0 aliphatic heterocycles. The third-order valence-corrected chi connectivity index (χ3v) is 6.01. The van der Waals surface area contributed by atoms with Gasteiger partial charge in [0.05, 0.1) is 16.9 Å². The molecular formula is C23H18ClN7O3S. The van der Waals surface area contributed by atoms with E-state index in [0.29, 0.717) is 16.5 Å². The summed E-state index contributed by atoms with van der Waals surface area (Å²) in [5.74, 6) is 0.276. The van der Waals surface area contributed by atoms with Crippen LogP contribution in [0.1, 0.15) is 11.1 Å². The number of benzene rings is 2. The Morgan fingerprint density at radius 2 is 1.91 bits per heavy atom. The molecule has 2 aromatic heterocycles. The first-order valence-electron chi connectivity index (χ1n) is 10.2. The van der Waals surface area contributed by atoms with Crippen molar-refractivity contribution in [3.8, 4) is 17.1 Å². The molecule has 0 unspecified atom stereocenters. The van der Waals surface area contributed by atoms with Crippen molar-refractivity contribution in [2.45, 2.75) is 12.1 Å². The maximum Gasteiger partial charge on any atom is 0.288 e. The molecule has 2 heterocycles. The molecule has 0 aliphatic carbocycles. The summed E-state index contributed by atoms with van der Waals surface area (Å²) in [4.78, 5) is 26.8. The minimum Gasteiger partial charge on any atom is -0.272 e. The van der Waals surface area contributed by atoms with Gasteiger partial charge in [-0.15, -0.1) is 10.2 Å². The van der Waals surface area contributed by atoms with Gasteiger partial charge in [0.2, 0.25) is 0 Å². The summed E-state index contributed by atoms with van der Waals surface area (Å²) in [7, 11) is 0. The largest absolute Gasteiger partial charge is 0.288 e. The van der Waals surface area contributed by atoms with E-state index in [1.165, 1.54) is 30.1 Å². The van der Waals surface area contributed by atoms with Gasteiger partial charge in [-0.25, -0.2) is 5.43 Å². The Morgan fingerprint density at radius 1 is 1.17 bits per heavy atom. The zero-order valence-electron chi connectivity index (χ0n) is 18.3. The van der Waals surface area contributed by atoms with Gasteiger partial charge in [-0.3, -0.25) is 24.5 Å². The normalized spacial score (nSPS) is 11.0. The molecule has 0 atom stereocenters. The maximum absolute atomic E-state index is 12.4. The van der Waals surface area contributed by atoms with Crippen molar-refractivity contribution in [2.24, 2.45) is 5.10 Å². The average Bonchev–Trinajstić information content (AvgIpc) is 3.28. The van der Waals surface area contributed by atoms with Crippen LogP contribution < -0.4 is 5.43 Å². The van der Waals surface area contributed by atoms with E-state index in [-0.39, 0.29) is 22.4 Å². The lowest BCUT2D eigenvalue weighted by atomic mass is 10.2. The van der Waals surface area contributed by atoms with Crippen LogP contribution in [-0.4, -0.2) is 42.5 Å². The lowest BCUT2D eigenvalue weighted by Crippen LogP contribution is -2.20. The van der Waals surface area contributed by atoms with Crippen LogP contribution in [0.2, 0.25) is 5.02 Å². The highest BCUT2D eigenvalue weighted by atomic mass is 35.5. The highest BCUT2D eigenvalue weighted by molar-refractivity contribution is 7.99. The number of nitrogens with one attached hydrogen (secondary N) is 1. The molecule has 0 radical (unpaired) electrons. The molecule has 4 rings (SSSR count). The van der Waals surface area contributed by atoms with Crippen LogP contribution in [-0.2, 0) is 4.79 Å². The number of rotatable bonds is 8. The van der Waals surface area contributed by atoms with Gasteiger partial charge in [-0.2, -0.15) is 5.10 Å². The number of aromatic nitrogens is 4. The molecule has 35 heavy (non-hydrogen) atoms. The number of aryl methyl sites for hydroxylation is 1. The minimum atomic E-state index is -0.584. The summed E-state index contributed by atoms with van der Waals surface area (Å²) in [6.45, 7) is 2.00. The van der Waals surface area contributed by atoms with Crippen LogP contribution in [0.4, 0.5) is 5.69 Å². The topological polar surface area (TPSA) is 128 Å². The second-order valence-corrected chi connectivity index (χ2v) is 8.61. The Morgan fingerprint density at radius 3 is 2.63 bits per heavy atom. The van der Waals surface area contributed by atoms with E-state index >= 15 is 0 Å². The van der Waals surface area contributed by atoms with Crippen LogP contribution >= 0.6 is 23.4 Å². The van der Waals surface area contributed by atoms with Gasteiger partial charge in [-0.1, -0.05) is 47.1 Å². The number of carbonyl (C=O) groups excluding carboxylic acids is 1. The number of thioether (sulfide) groups is 1. The highest BCUT2D eigenvalue weighted by Crippen LogP contribution is 2.28. The smallest absolute Gasteiger partial charge is 0.272 e. The molecule has 0 saturated heterocycles. The quantitative estimate of drug-likeness (QED) is 0.161. The number of hydrazone groups is 1. The van der Waals surface area contributed by atoms with Crippen molar-refractivity contribution in [3.63, 3.8) is 0 Å². The third-order valence-electron chi connectivity index (χ3n) is 4.77. The number of nitro benzene ring substituents is 1. The fourth-order valence-electron chi connectivity index (χ4n) is 3.07. The molecule has 1 amide bonds. The van der Waals surface area contributed by atoms with Crippen LogP contribution in [0.5, 0.6) is 0 Å². The van der Waals surface area contributed by atoms with Gasteiger partial charge < -0.3 is 0 Å². The van der Waals surface area contributed by atoms with Crippen molar-refractivity contribution < 1.29 is 9.72 Å². The summed E-state index contributed by atoms with van der Waals surface area (Å²) in [5, 5.41) is 24.1. The minimum absolute atomic E-state index is 0.0245. The maximum atomic E-state index is 12.4. The Hall–Kier alpha value is -4.09. The van der Waals surface area contributed by atoms with E-state index in [1.807, 2.05) is 47.9 Å². The number of pyridine rings is 1. The number of carbonyl (C=O) groups is 1. The summed E-state index contributed by atoms with van der Waals surface area (Å²) in [6, 6.07) is 15.8. The second kappa shape index (κ2) is 10.9. The summed E-state index contributed by atoms with van der Waals surface area (Å²) < 4.78 is 1.88. The van der Waals surface area contributed by atoms with Crippen LogP contribution in [0.25, 0.3) is 17.1 Å². The van der Waals surface area contributed by atoms with Crippen LogP contribution in [0, 0.1) is 17.0 Å². The molecule has 0 fully saturated rings. The molecule has 4 aromatic rings. The van der Waals surface area contributed by atoms with Crippen molar-refractivity contribution in [3.05, 3.63) is 93.3 Å². The Balaban J connectivity index is 1.48. The highest BCUT2D eigenvalue weighted by Gasteiger charge is 2.17. The Bertz CT molecular complexity index is 1390. The average molecular weight is 508 g/mol. The lowest BCUT2D eigenvalue weighted by molar-refractivity contribution is -0.384. The van der Waals surface area contributed by atoms with E-state index in [0.717, 1.165) is 16.8 Å². The van der Waals surface area contributed by atoms with Gasteiger partial charge in [0.15, 0.2) is 11.0 Å². The molecule has 0 aliphatic rings. The van der Waals surface area contributed by atoms with E-state index in [9.17, 15) is 14.9 Å². The molecule has 0 saturated carbocycles. The van der Waals surface area contributed by atoms with E-state index < -0.39 is 4.92 Å². The molecular weight excluding hydrogens is 490 g/mol. The first-order valence-corrected chi connectivity index (χ1v) is 11.6. The van der Waals surface area contributed by atoms with Crippen molar-refractivity contribution in [1.82, 2.24) is 25.2 Å². The monoisotopic (exact) mass is 507 g/mol. The van der Waals surface area contributed by atoms with Gasteiger partial charge >= 0.3 is 0 Å². The third kappa shape index (κ3) is 5.89. The number of hydrogen-bond donors (Lipinski definition) is 1. The Labute approximate surface area is 209 Å². The molecule has 2 aromatic carbocycles. The van der Waals surface area contributed by atoms with Gasteiger partial charge in [0.1, 0.15) is 5.02 Å². The molecule has 10 nitrogen and oxygen atoms in total. The van der Waals surface area contributed by atoms with Crippen molar-refractivity contribution in [2.75, 3.05) is 5.75 Å². The molecule has 0 spiro atoms. The second-order valence-electron chi connectivity index (χ2n) is 7.26. The zero-order valence-corrected chi connectivity index (χ0v) is 19.9. The predicted molar refractivity (Wildman–Crippen MR) is 134 cm³/mol. The molecule has 1 N–H and O–H groups in total. The fourth-order valence-corrected chi connectivity index (χ4v) is 4.00. The first-order chi connectivity index (χ1) is 16.9. The molecule has 0 bridgehead atoms. The summed E-state index contributed by atoms with van der Waals surface area (Å²) in [5.41, 5.74) is 5.41. The van der Waals surface area contributed by atoms with Crippen molar-refractivity contribution >= 4 is 41.2 Å². The Kier molecular flexibility index (Phi) is 7.48. The molecule has 12 heteroatoms. The predicted octanol–water partition coefficient (Wildman–Crippen LogP) is 4.44. The number of hydrogen-bond acceptors (Lipinski definition) is 8. The SMILES string of the molecule is Cc1ccc(-n2c(SCC(=O)N/N=C/c3ccc(Cl)c([N+](=O)[O-])c3)nnc2-c2ccncc2)cc1.